The van der Waals surface area contributed by atoms with Crippen LogP contribution in [0, 0.1) is 12.8 Å². The Balaban J connectivity index is 1.43. The van der Waals surface area contributed by atoms with E-state index in [9.17, 15) is 4.79 Å². The lowest BCUT2D eigenvalue weighted by Crippen LogP contribution is -2.44. The lowest BCUT2D eigenvalue weighted by Gasteiger charge is -2.32. The average molecular weight is 342 g/mol. The molecule has 0 aromatic heterocycles. The van der Waals surface area contributed by atoms with Gasteiger partial charge in [0.1, 0.15) is 0 Å². The third-order valence-corrected chi connectivity index (χ3v) is 5.20. The smallest absolute Gasteiger partial charge is 0.236 e. The van der Waals surface area contributed by atoms with Crippen molar-refractivity contribution in [1.82, 2.24) is 9.80 Å². The first-order valence-corrected chi connectivity index (χ1v) is 9.53. The molecule has 0 atom stereocenters. The van der Waals surface area contributed by atoms with E-state index in [1.165, 1.54) is 11.1 Å². The zero-order valence-electron chi connectivity index (χ0n) is 15.3. The summed E-state index contributed by atoms with van der Waals surface area (Å²) in [4.78, 5) is 16.8. The SMILES string of the molecule is Cc1ccc(/C=C/C2CCN(C(=O)CN3CCCOCC3)CC2)cc1. The predicted octanol–water partition coefficient (Wildman–Crippen LogP) is 2.97. The van der Waals surface area contributed by atoms with Crippen LogP contribution < -0.4 is 0 Å². The molecule has 136 valence electrons. The molecule has 3 rings (SSSR count). The molecule has 1 aromatic carbocycles. The molecule has 0 saturated carbocycles. The van der Waals surface area contributed by atoms with Crippen molar-refractivity contribution in [2.75, 3.05) is 45.9 Å². The number of carbonyl (C=O) groups is 1. The van der Waals surface area contributed by atoms with E-state index in [2.05, 4.69) is 48.2 Å². The number of likely N-dealkylation sites (tertiary alicyclic amines) is 1. The Morgan fingerprint density at radius 3 is 2.64 bits per heavy atom. The van der Waals surface area contributed by atoms with Crippen molar-refractivity contribution in [3.63, 3.8) is 0 Å². The molecule has 2 fully saturated rings. The Bertz CT molecular complexity index is 566. The zero-order valence-corrected chi connectivity index (χ0v) is 15.3. The fraction of sp³-hybridized carbons (Fsp3) is 0.571. The number of hydrogen-bond acceptors (Lipinski definition) is 3. The maximum atomic E-state index is 12.5. The average Bonchev–Trinajstić information content (AvgIpc) is 2.90. The van der Waals surface area contributed by atoms with Gasteiger partial charge < -0.3 is 9.64 Å². The van der Waals surface area contributed by atoms with E-state index in [0.29, 0.717) is 12.5 Å². The molecule has 0 bridgehead atoms. The van der Waals surface area contributed by atoms with Crippen LogP contribution in [0.1, 0.15) is 30.4 Å². The number of rotatable bonds is 4. The fourth-order valence-corrected chi connectivity index (χ4v) is 3.51. The van der Waals surface area contributed by atoms with Crippen molar-refractivity contribution in [3.05, 3.63) is 41.5 Å². The predicted molar refractivity (Wildman–Crippen MR) is 101 cm³/mol. The normalized spacial score (nSPS) is 20.8. The molecule has 4 heteroatoms. The summed E-state index contributed by atoms with van der Waals surface area (Å²) in [5.74, 6) is 0.861. The largest absolute Gasteiger partial charge is 0.380 e. The van der Waals surface area contributed by atoms with Crippen LogP contribution in [0.4, 0.5) is 0 Å². The molecule has 2 aliphatic rings. The van der Waals surface area contributed by atoms with E-state index in [4.69, 9.17) is 4.74 Å². The maximum absolute atomic E-state index is 12.5. The first kappa shape index (κ1) is 18.2. The first-order chi connectivity index (χ1) is 12.2. The number of carbonyl (C=O) groups excluding carboxylic acids is 1. The van der Waals surface area contributed by atoms with Gasteiger partial charge in [-0.2, -0.15) is 0 Å². The van der Waals surface area contributed by atoms with Crippen LogP contribution in [0.5, 0.6) is 0 Å². The van der Waals surface area contributed by atoms with Gasteiger partial charge in [0.05, 0.1) is 13.2 Å². The lowest BCUT2D eigenvalue weighted by molar-refractivity contribution is -0.133. The number of piperidine rings is 1. The molecule has 25 heavy (non-hydrogen) atoms. The molecule has 1 aromatic rings. The minimum Gasteiger partial charge on any atom is -0.380 e. The van der Waals surface area contributed by atoms with Gasteiger partial charge in [0.2, 0.25) is 5.91 Å². The van der Waals surface area contributed by atoms with Crippen LogP contribution in [-0.4, -0.2) is 61.6 Å². The molecule has 1 amide bonds. The van der Waals surface area contributed by atoms with Crippen LogP contribution in [-0.2, 0) is 9.53 Å². The summed E-state index contributed by atoms with van der Waals surface area (Å²) in [6, 6.07) is 8.62. The molecule has 2 heterocycles. The second kappa shape index (κ2) is 9.16. The zero-order chi connectivity index (χ0) is 17.5. The Labute approximate surface area is 151 Å². The number of hydrogen-bond donors (Lipinski definition) is 0. The summed E-state index contributed by atoms with van der Waals surface area (Å²) >= 11 is 0. The van der Waals surface area contributed by atoms with Gasteiger partial charge in [-0.25, -0.2) is 0 Å². The molecular formula is C21H30N2O2. The monoisotopic (exact) mass is 342 g/mol. The Morgan fingerprint density at radius 1 is 1.12 bits per heavy atom. The van der Waals surface area contributed by atoms with E-state index in [1.54, 1.807) is 0 Å². The summed E-state index contributed by atoms with van der Waals surface area (Å²) in [6.45, 7) is 7.84. The molecule has 0 unspecified atom stereocenters. The van der Waals surface area contributed by atoms with Crippen LogP contribution in [0.25, 0.3) is 6.08 Å². The van der Waals surface area contributed by atoms with Crippen molar-refractivity contribution >= 4 is 12.0 Å². The van der Waals surface area contributed by atoms with Gasteiger partial charge in [-0.1, -0.05) is 42.0 Å². The molecule has 4 nitrogen and oxygen atoms in total. The fourth-order valence-electron chi connectivity index (χ4n) is 3.51. The molecule has 2 aliphatic heterocycles. The van der Waals surface area contributed by atoms with Crippen molar-refractivity contribution < 1.29 is 9.53 Å². The third-order valence-electron chi connectivity index (χ3n) is 5.20. The Hall–Kier alpha value is -1.65. The highest BCUT2D eigenvalue weighted by Gasteiger charge is 2.23. The van der Waals surface area contributed by atoms with Crippen molar-refractivity contribution in [1.29, 1.82) is 0 Å². The highest BCUT2D eigenvalue weighted by atomic mass is 16.5. The van der Waals surface area contributed by atoms with Crippen molar-refractivity contribution in [2.24, 2.45) is 5.92 Å². The number of aryl methyl sites for hydroxylation is 1. The Kier molecular flexibility index (Phi) is 6.65. The van der Waals surface area contributed by atoms with Gasteiger partial charge in [0.25, 0.3) is 0 Å². The van der Waals surface area contributed by atoms with Gasteiger partial charge in [-0.05, 0) is 37.7 Å². The van der Waals surface area contributed by atoms with Gasteiger partial charge in [-0.3, -0.25) is 9.69 Å². The van der Waals surface area contributed by atoms with E-state index >= 15 is 0 Å². The molecule has 0 aliphatic carbocycles. The first-order valence-electron chi connectivity index (χ1n) is 9.53. The number of amides is 1. The number of nitrogens with zero attached hydrogens (tertiary/aromatic N) is 2. The molecule has 0 N–H and O–H groups in total. The van der Waals surface area contributed by atoms with Gasteiger partial charge in [0.15, 0.2) is 0 Å². The second-order valence-electron chi connectivity index (χ2n) is 7.23. The van der Waals surface area contributed by atoms with E-state index in [-0.39, 0.29) is 5.91 Å². The summed E-state index contributed by atoms with van der Waals surface area (Å²) < 4.78 is 5.46. The highest BCUT2D eigenvalue weighted by molar-refractivity contribution is 5.78. The summed E-state index contributed by atoms with van der Waals surface area (Å²) in [5.41, 5.74) is 2.55. The van der Waals surface area contributed by atoms with Gasteiger partial charge >= 0.3 is 0 Å². The number of ether oxygens (including phenoxy) is 1. The minimum atomic E-state index is 0.280. The second-order valence-corrected chi connectivity index (χ2v) is 7.23. The van der Waals surface area contributed by atoms with Gasteiger partial charge in [0, 0.05) is 32.8 Å². The Morgan fingerprint density at radius 2 is 1.88 bits per heavy atom. The maximum Gasteiger partial charge on any atom is 0.236 e. The van der Waals surface area contributed by atoms with E-state index < -0.39 is 0 Å². The minimum absolute atomic E-state index is 0.280. The van der Waals surface area contributed by atoms with Crippen LogP contribution in [0.3, 0.4) is 0 Å². The number of benzene rings is 1. The lowest BCUT2D eigenvalue weighted by atomic mass is 9.95. The number of allylic oxidation sites excluding steroid dienone is 1. The van der Waals surface area contributed by atoms with Crippen LogP contribution >= 0.6 is 0 Å². The van der Waals surface area contributed by atoms with Crippen molar-refractivity contribution in [3.8, 4) is 0 Å². The molecule has 2 saturated heterocycles. The van der Waals surface area contributed by atoms with Gasteiger partial charge in [-0.15, -0.1) is 0 Å². The summed E-state index contributed by atoms with van der Waals surface area (Å²) in [7, 11) is 0. The molecular weight excluding hydrogens is 312 g/mol. The van der Waals surface area contributed by atoms with E-state index in [0.717, 1.165) is 58.7 Å². The van der Waals surface area contributed by atoms with Crippen LogP contribution in [0.2, 0.25) is 0 Å². The highest BCUT2D eigenvalue weighted by Crippen LogP contribution is 2.20. The summed E-state index contributed by atoms with van der Waals surface area (Å²) in [6.07, 6.45) is 7.70. The van der Waals surface area contributed by atoms with Crippen LogP contribution in [0.15, 0.2) is 30.3 Å². The standard InChI is InChI=1S/C21H30N2O2/c1-18-3-5-19(6-4-18)7-8-20-9-12-23(13-10-20)21(24)17-22-11-2-15-25-16-14-22/h3-8,20H,2,9-17H2,1H3/b8-7+. The van der Waals surface area contributed by atoms with Crippen molar-refractivity contribution in [2.45, 2.75) is 26.2 Å². The quantitative estimate of drug-likeness (QED) is 0.843. The molecule has 0 spiro atoms. The third kappa shape index (κ3) is 5.68. The summed E-state index contributed by atoms with van der Waals surface area (Å²) in [5, 5.41) is 0. The molecule has 0 radical (unpaired) electrons. The topological polar surface area (TPSA) is 32.8 Å². The van der Waals surface area contributed by atoms with E-state index in [1.807, 2.05) is 4.90 Å².